The normalized spacial score (nSPS) is 25.4. The van der Waals surface area contributed by atoms with Gasteiger partial charge in [-0.2, -0.15) is 0 Å². The second-order valence-corrected chi connectivity index (χ2v) is 12.4. The number of nitrogens with zero attached hydrogens (tertiary/aromatic N) is 4. The van der Waals surface area contributed by atoms with Crippen LogP contribution < -0.4 is 0 Å². The summed E-state index contributed by atoms with van der Waals surface area (Å²) in [5, 5.41) is 9.98. The monoisotopic (exact) mass is 538 g/mol. The molecule has 0 aliphatic carbocycles. The van der Waals surface area contributed by atoms with Crippen LogP contribution in [0, 0.1) is 11.8 Å². The third-order valence-electron chi connectivity index (χ3n) is 5.93. The number of ether oxygens (including phenoxy) is 1. The van der Waals surface area contributed by atoms with Gasteiger partial charge in [0.2, 0.25) is 0 Å². The fraction of sp³-hybridized carbons (Fsp3) is 0.565. The van der Waals surface area contributed by atoms with Crippen LogP contribution in [0.1, 0.15) is 63.9 Å². The van der Waals surface area contributed by atoms with Gasteiger partial charge in [0.1, 0.15) is 0 Å². The molecule has 0 radical (unpaired) electrons. The standard InChI is InChI=1S/C23H30N4O.2ClH.Zr/c1-14(2)18-9-10-19(26-18)16-7-5-11-24-21(16)22-17(8-6-12-25-22)23-27-20(13-28-23)15(3)4;;;/h5-8,11-12,14-15,18-20,23H,9-10,13H2,1-4H3;2*1H;/q-2;;;+4/p-2. The third kappa shape index (κ3) is 6.37. The summed E-state index contributed by atoms with van der Waals surface area (Å²) in [6.45, 7) is 9.55. The fourth-order valence-corrected chi connectivity index (χ4v) is 4.13. The van der Waals surface area contributed by atoms with Crippen LogP contribution in [0.4, 0.5) is 0 Å². The van der Waals surface area contributed by atoms with Crippen LogP contribution in [0.25, 0.3) is 22.0 Å². The molecule has 5 nitrogen and oxygen atoms in total. The number of pyridine rings is 2. The number of rotatable bonds is 5. The van der Waals surface area contributed by atoms with Crippen molar-refractivity contribution in [3.63, 3.8) is 0 Å². The summed E-state index contributed by atoms with van der Waals surface area (Å²) in [5.74, 6) is 1.05. The Morgan fingerprint density at radius 2 is 1.48 bits per heavy atom. The molecule has 0 spiro atoms. The summed E-state index contributed by atoms with van der Waals surface area (Å²) >= 11 is -0.826. The van der Waals surface area contributed by atoms with Gasteiger partial charge in [-0.1, -0.05) is 64.5 Å². The van der Waals surface area contributed by atoms with Crippen LogP contribution in [-0.2, 0) is 25.6 Å². The minimum absolute atomic E-state index is 0.191. The summed E-state index contributed by atoms with van der Waals surface area (Å²) in [7, 11) is 9.87. The van der Waals surface area contributed by atoms with E-state index in [1.54, 1.807) is 0 Å². The average molecular weight is 541 g/mol. The van der Waals surface area contributed by atoms with Crippen LogP contribution in [0.15, 0.2) is 36.7 Å². The summed E-state index contributed by atoms with van der Waals surface area (Å²) in [6, 6.07) is 9.04. The molecule has 4 unspecified atom stereocenters. The maximum absolute atomic E-state index is 6.03. The third-order valence-corrected chi connectivity index (χ3v) is 5.93. The van der Waals surface area contributed by atoms with Crippen LogP contribution in [0.2, 0.25) is 0 Å². The zero-order chi connectivity index (χ0) is 22.4. The van der Waals surface area contributed by atoms with Crippen LogP contribution in [-0.4, -0.2) is 28.7 Å². The predicted octanol–water partition coefficient (Wildman–Crippen LogP) is 7.18. The van der Waals surface area contributed by atoms with Gasteiger partial charge in [-0.15, -0.1) is 18.1 Å². The van der Waals surface area contributed by atoms with Gasteiger partial charge < -0.3 is 15.4 Å². The molecule has 2 aromatic heterocycles. The first-order valence-electron chi connectivity index (χ1n) is 10.8. The zero-order valence-electron chi connectivity index (χ0n) is 18.5. The van der Waals surface area contributed by atoms with Crippen molar-refractivity contribution in [1.29, 1.82) is 0 Å². The molecule has 4 atom stereocenters. The van der Waals surface area contributed by atoms with E-state index in [9.17, 15) is 0 Å². The van der Waals surface area contributed by atoms with Gasteiger partial charge in [-0.3, -0.25) is 9.97 Å². The van der Waals surface area contributed by atoms with E-state index in [0.717, 1.165) is 29.8 Å². The molecule has 2 saturated heterocycles. The summed E-state index contributed by atoms with van der Waals surface area (Å²) in [6.07, 6.45) is 5.62. The zero-order valence-corrected chi connectivity index (χ0v) is 22.5. The Labute approximate surface area is 204 Å². The molecule has 0 aromatic carbocycles. The van der Waals surface area contributed by atoms with Gasteiger partial charge in [0.25, 0.3) is 0 Å². The van der Waals surface area contributed by atoms with Gasteiger partial charge in [-0.25, -0.2) is 0 Å². The van der Waals surface area contributed by atoms with Gasteiger partial charge in [0.15, 0.2) is 0 Å². The molecule has 2 aromatic rings. The van der Waals surface area contributed by atoms with E-state index in [4.69, 9.17) is 42.4 Å². The molecule has 2 aliphatic heterocycles. The molecule has 166 valence electrons. The number of hydrogen-bond acceptors (Lipinski definition) is 3. The first kappa shape index (κ1) is 25.3. The fourth-order valence-electron chi connectivity index (χ4n) is 4.13. The summed E-state index contributed by atoms with van der Waals surface area (Å²) in [5.41, 5.74) is 3.97. The van der Waals surface area contributed by atoms with Crippen molar-refractivity contribution in [2.24, 2.45) is 11.8 Å². The van der Waals surface area contributed by atoms with E-state index in [2.05, 4.69) is 39.8 Å². The van der Waals surface area contributed by atoms with E-state index in [-0.39, 0.29) is 18.3 Å². The first-order valence-corrected chi connectivity index (χ1v) is 17.2. The van der Waals surface area contributed by atoms with Crippen molar-refractivity contribution in [3.05, 3.63) is 58.4 Å². The topological polar surface area (TPSA) is 63.2 Å². The van der Waals surface area contributed by atoms with E-state index in [1.165, 1.54) is 5.56 Å². The molecular formula is C23H30Cl2N4OZr. The van der Waals surface area contributed by atoms with Crippen molar-refractivity contribution in [1.82, 2.24) is 9.97 Å². The molecule has 2 fully saturated rings. The Morgan fingerprint density at radius 1 is 0.903 bits per heavy atom. The van der Waals surface area contributed by atoms with Gasteiger partial charge in [0.05, 0.1) is 11.4 Å². The molecule has 2 aliphatic rings. The second-order valence-electron chi connectivity index (χ2n) is 8.65. The maximum atomic E-state index is 6.03. The van der Waals surface area contributed by atoms with Crippen molar-refractivity contribution >= 4 is 17.0 Å². The molecule has 4 heterocycles. The Morgan fingerprint density at radius 3 is 2.03 bits per heavy atom. The van der Waals surface area contributed by atoms with E-state index < -0.39 is 20.8 Å². The summed E-state index contributed by atoms with van der Waals surface area (Å²) < 4.78 is 6.03. The first-order chi connectivity index (χ1) is 15.0. The van der Waals surface area contributed by atoms with Crippen molar-refractivity contribution in [2.45, 2.75) is 64.9 Å². The van der Waals surface area contributed by atoms with Crippen molar-refractivity contribution in [3.8, 4) is 11.4 Å². The Balaban J connectivity index is 0.000000858. The number of hydrogen-bond donors (Lipinski definition) is 0. The second kappa shape index (κ2) is 12.2. The molecule has 8 heteroatoms. The SMILES string of the molecule is CC(C)C1CCC(c2cccnc2-c2ncccc2C2[N-]C(C(C)C)CO2)[N-]1.[Cl][Zr+2][Cl]. The molecular weight excluding hydrogens is 510 g/mol. The minimum atomic E-state index is -0.826. The number of aromatic nitrogens is 2. The molecule has 31 heavy (non-hydrogen) atoms. The van der Waals surface area contributed by atoms with Crippen LogP contribution in [0.5, 0.6) is 0 Å². The molecule has 0 amide bonds. The number of halogens is 2. The van der Waals surface area contributed by atoms with Crippen molar-refractivity contribution in [2.75, 3.05) is 6.61 Å². The predicted molar refractivity (Wildman–Crippen MR) is 124 cm³/mol. The molecule has 4 rings (SSSR count). The molecule has 0 N–H and O–H groups in total. The van der Waals surface area contributed by atoms with Gasteiger partial charge in [-0.05, 0) is 29.5 Å². The molecule has 0 bridgehead atoms. The van der Waals surface area contributed by atoms with Gasteiger partial charge in [0, 0.05) is 19.0 Å². The Hall–Kier alpha value is -0.357. The van der Waals surface area contributed by atoms with Gasteiger partial charge >= 0.3 is 37.9 Å². The Bertz CT molecular complexity index is 771. The average Bonchev–Trinajstić information content (AvgIpc) is 3.45. The van der Waals surface area contributed by atoms with E-state index in [1.807, 2.05) is 24.5 Å². The Kier molecular flexibility index (Phi) is 9.95. The van der Waals surface area contributed by atoms with E-state index in [0.29, 0.717) is 24.5 Å². The van der Waals surface area contributed by atoms with Crippen LogP contribution >= 0.6 is 17.0 Å². The quantitative estimate of drug-likeness (QED) is 0.404. The molecule has 0 saturated carbocycles. The van der Waals surface area contributed by atoms with E-state index >= 15 is 0 Å². The van der Waals surface area contributed by atoms with Crippen molar-refractivity contribution < 1.29 is 25.6 Å². The van der Waals surface area contributed by atoms with Crippen LogP contribution in [0.3, 0.4) is 0 Å². The summed E-state index contributed by atoms with van der Waals surface area (Å²) in [4.78, 5) is 9.44.